The summed E-state index contributed by atoms with van der Waals surface area (Å²) >= 11 is 0. The van der Waals surface area contributed by atoms with Gasteiger partial charge >= 0.3 is 0 Å². The van der Waals surface area contributed by atoms with E-state index in [1.165, 1.54) is 10.4 Å². The molecule has 2 aromatic carbocycles. The number of rotatable bonds is 5. The van der Waals surface area contributed by atoms with Crippen molar-refractivity contribution in [2.75, 3.05) is 38.1 Å². The van der Waals surface area contributed by atoms with E-state index in [-0.39, 0.29) is 49.5 Å². The van der Waals surface area contributed by atoms with Gasteiger partial charge in [-0.2, -0.15) is 4.31 Å². The second kappa shape index (κ2) is 8.79. The Morgan fingerprint density at radius 3 is 2.50 bits per heavy atom. The van der Waals surface area contributed by atoms with Crippen molar-refractivity contribution in [1.29, 1.82) is 0 Å². The van der Waals surface area contributed by atoms with Gasteiger partial charge in [0.2, 0.25) is 10.0 Å². The first-order valence-corrected chi connectivity index (χ1v) is 11.8. The second-order valence-corrected chi connectivity index (χ2v) is 9.66. The summed E-state index contributed by atoms with van der Waals surface area (Å²) in [4.78, 5) is 26.0. The summed E-state index contributed by atoms with van der Waals surface area (Å²) in [5.41, 5.74) is 0.971. The standard InChI is InChI=1S/C22H25N3O6S/c1-15-12-18-19(30-14-21(26)23-18)13-20(15)32(28,29)25-10-8-24(9-11-25)22(27)16(2)31-17-6-4-3-5-7-17/h3-7,12-13,16H,8-11,14H2,1-2H3,(H,23,26)/t16-/m0/s1. The number of amides is 2. The SMILES string of the molecule is Cc1cc2c(cc1S(=O)(=O)N1CCN(C(=O)[C@H](C)Oc3ccccc3)CC1)OCC(=O)N2. The Balaban J connectivity index is 1.42. The lowest BCUT2D eigenvalue weighted by atomic mass is 10.2. The number of nitrogens with one attached hydrogen (secondary N) is 1. The number of ether oxygens (including phenoxy) is 2. The molecule has 0 radical (unpaired) electrons. The number of benzene rings is 2. The van der Waals surface area contributed by atoms with Crippen molar-refractivity contribution >= 4 is 27.5 Å². The first-order chi connectivity index (χ1) is 15.3. The van der Waals surface area contributed by atoms with E-state index in [0.717, 1.165) is 0 Å². The van der Waals surface area contributed by atoms with E-state index in [4.69, 9.17) is 9.47 Å². The van der Waals surface area contributed by atoms with Crippen LogP contribution in [0.2, 0.25) is 0 Å². The summed E-state index contributed by atoms with van der Waals surface area (Å²) in [6.07, 6.45) is -0.671. The summed E-state index contributed by atoms with van der Waals surface area (Å²) in [5, 5.41) is 2.68. The molecule has 4 rings (SSSR count). The number of para-hydroxylation sites is 1. The van der Waals surface area contributed by atoms with E-state index in [1.54, 1.807) is 36.9 Å². The number of hydrogen-bond acceptors (Lipinski definition) is 6. The maximum Gasteiger partial charge on any atom is 0.263 e. The van der Waals surface area contributed by atoms with Crippen LogP contribution in [0.15, 0.2) is 47.4 Å². The van der Waals surface area contributed by atoms with E-state index in [9.17, 15) is 18.0 Å². The van der Waals surface area contributed by atoms with E-state index in [0.29, 0.717) is 22.7 Å². The zero-order chi connectivity index (χ0) is 22.9. The Hall–Kier alpha value is -3.11. The highest BCUT2D eigenvalue weighted by Crippen LogP contribution is 2.34. The topological polar surface area (TPSA) is 105 Å². The Morgan fingerprint density at radius 2 is 1.81 bits per heavy atom. The third-order valence-electron chi connectivity index (χ3n) is 5.48. The van der Waals surface area contributed by atoms with Crippen LogP contribution < -0.4 is 14.8 Å². The number of sulfonamides is 1. The Morgan fingerprint density at radius 1 is 1.12 bits per heavy atom. The van der Waals surface area contributed by atoms with Crippen molar-refractivity contribution < 1.29 is 27.5 Å². The number of carbonyl (C=O) groups excluding carboxylic acids is 2. The van der Waals surface area contributed by atoms with E-state index in [2.05, 4.69) is 5.32 Å². The molecule has 0 saturated carbocycles. The molecule has 0 aromatic heterocycles. The minimum absolute atomic E-state index is 0.132. The highest BCUT2D eigenvalue weighted by molar-refractivity contribution is 7.89. The van der Waals surface area contributed by atoms with Gasteiger partial charge in [0.1, 0.15) is 11.5 Å². The molecule has 0 aliphatic carbocycles. The molecule has 9 nitrogen and oxygen atoms in total. The van der Waals surface area contributed by atoms with Gasteiger partial charge in [-0.1, -0.05) is 18.2 Å². The lowest BCUT2D eigenvalue weighted by Crippen LogP contribution is -2.53. The Bertz CT molecular complexity index is 1130. The van der Waals surface area contributed by atoms with Crippen LogP contribution in [-0.4, -0.2) is 68.3 Å². The van der Waals surface area contributed by atoms with Crippen molar-refractivity contribution in [2.24, 2.45) is 0 Å². The van der Waals surface area contributed by atoms with E-state index < -0.39 is 16.1 Å². The second-order valence-electron chi connectivity index (χ2n) is 7.75. The maximum atomic E-state index is 13.3. The molecule has 1 atom stereocenters. The van der Waals surface area contributed by atoms with Gasteiger partial charge in [0.15, 0.2) is 12.7 Å². The van der Waals surface area contributed by atoms with Crippen molar-refractivity contribution in [3.63, 3.8) is 0 Å². The third-order valence-corrected chi connectivity index (χ3v) is 7.52. The average molecular weight is 460 g/mol. The van der Waals surface area contributed by atoms with Crippen LogP contribution in [0.5, 0.6) is 11.5 Å². The molecule has 2 heterocycles. The summed E-state index contributed by atoms with van der Waals surface area (Å²) in [5.74, 6) is 0.476. The molecule has 0 bridgehead atoms. The van der Waals surface area contributed by atoms with Crippen molar-refractivity contribution in [3.05, 3.63) is 48.0 Å². The fourth-order valence-corrected chi connectivity index (χ4v) is 5.44. The van der Waals surface area contributed by atoms with Crippen molar-refractivity contribution in [3.8, 4) is 11.5 Å². The smallest absolute Gasteiger partial charge is 0.263 e. The highest BCUT2D eigenvalue weighted by atomic mass is 32.2. The maximum absolute atomic E-state index is 13.3. The van der Waals surface area contributed by atoms with E-state index in [1.807, 2.05) is 18.2 Å². The minimum atomic E-state index is -3.79. The number of hydrogen-bond donors (Lipinski definition) is 1. The van der Waals surface area contributed by atoms with Crippen LogP contribution in [-0.2, 0) is 19.6 Å². The molecule has 1 saturated heterocycles. The van der Waals surface area contributed by atoms with Crippen LogP contribution in [0, 0.1) is 6.92 Å². The zero-order valence-electron chi connectivity index (χ0n) is 17.9. The Kier molecular flexibility index (Phi) is 6.07. The zero-order valence-corrected chi connectivity index (χ0v) is 18.7. The first-order valence-electron chi connectivity index (χ1n) is 10.3. The van der Waals surface area contributed by atoms with Crippen LogP contribution in [0.25, 0.3) is 0 Å². The largest absolute Gasteiger partial charge is 0.482 e. The predicted octanol–water partition coefficient (Wildman–Crippen LogP) is 1.63. The summed E-state index contributed by atoms with van der Waals surface area (Å²) in [6.45, 7) is 4.12. The molecule has 1 fully saturated rings. The number of nitrogens with zero attached hydrogens (tertiary/aromatic N) is 2. The van der Waals surface area contributed by atoms with Gasteiger partial charge < -0.3 is 19.7 Å². The van der Waals surface area contributed by atoms with Gasteiger partial charge in [0.05, 0.1) is 10.6 Å². The van der Waals surface area contributed by atoms with Crippen LogP contribution in [0.1, 0.15) is 12.5 Å². The molecule has 0 unspecified atom stereocenters. The molecule has 10 heteroatoms. The number of fused-ring (bicyclic) bond motifs is 1. The molecule has 170 valence electrons. The average Bonchev–Trinajstić information content (AvgIpc) is 2.78. The normalized spacial score (nSPS) is 17.7. The molecule has 2 aliphatic rings. The molecule has 2 aromatic rings. The van der Waals surface area contributed by atoms with Crippen LogP contribution >= 0.6 is 0 Å². The molecule has 2 amide bonds. The van der Waals surface area contributed by atoms with Crippen LogP contribution in [0.3, 0.4) is 0 Å². The molecular weight excluding hydrogens is 434 g/mol. The lowest BCUT2D eigenvalue weighted by molar-refractivity contribution is -0.139. The van der Waals surface area contributed by atoms with Crippen molar-refractivity contribution in [1.82, 2.24) is 9.21 Å². The summed E-state index contributed by atoms with van der Waals surface area (Å²) in [6, 6.07) is 12.1. The molecule has 0 spiro atoms. The monoisotopic (exact) mass is 459 g/mol. The molecule has 2 aliphatic heterocycles. The Labute approximate surface area is 187 Å². The number of piperazine rings is 1. The van der Waals surface area contributed by atoms with Gasteiger partial charge in [-0.25, -0.2) is 8.42 Å². The van der Waals surface area contributed by atoms with Crippen molar-refractivity contribution in [2.45, 2.75) is 24.8 Å². The first kappa shape index (κ1) is 22.1. The third kappa shape index (κ3) is 4.42. The fraction of sp³-hybridized carbons (Fsp3) is 0.364. The van der Waals surface area contributed by atoms with Gasteiger partial charge in [-0.15, -0.1) is 0 Å². The summed E-state index contributed by atoms with van der Waals surface area (Å²) < 4.78 is 39.0. The minimum Gasteiger partial charge on any atom is -0.482 e. The quantitative estimate of drug-likeness (QED) is 0.729. The van der Waals surface area contributed by atoms with E-state index >= 15 is 0 Å². The van der Waals surface area contributed by atoms with Gasteiger partial charge in [-0.05, 0) is 37.6 Å². The van der Waals surface area contributed by atoms with Gasteiger partial charge in [0, 0.05) is 32.2 Å². The number of aryl methyl sites for hydroxylation is 1. The molecule has 32 heavy (non-hydrogen) atoms. The lowest BCUT2D eigenvalue weighted by Gasteiger charge is -2.35. The van der Waals surface area contributed by atoms with Crippen LogP contribution in [0.4, 0.5) is 5.69 Å². The fourth-order valence-electron chi connectivity index (χ4n) is 3.79. The predicted molar refractivity (Wildman–Crippen MR) is 117 cm³/mol. The summed E-state index contributed by atoms with van der Waals surface area (Å²) in [7, 11) is -3.79. The van der Waals surface area contributed by atoms with Gasteiger partial charge in [0.25, 0.3) is 11.8 Å². The highest BCUT2D eigenvalue weighted by Gasteiger charge is 2.34. The molecule has 1 N–H and O–H groups in total. The molecular formula is C22H25N3O6S. The number of carbonyl (C=O) groups is 2. The van der Waals surface area contributed by atoms with Gasteiger partial charge in [-0.3, -0.25) is 9.59 Å². The number of anilines is 1.